The summed E-state index contributed by atoms with van der Waals surface area (Å²) in [6.07, 6.45) is 5.17. The molecule has 0 spiro atoms. The molecule has 0 bridgehead atoms. The summed E-state index contributed by atoms with van der Waals surface area (Å²) in [7, 11) is 0. The van der Waals surface area contributed by atoms with E-state index < -0.39 is 0 Å². The van der Waals surface area contributed by atoms with Crippen LogP contribution in [0.15, 0.2) is 4.47 Å². The summed E-state index contributed by atoms with van der Waals surface area (Å²) in [5, 5.41) is 8.11. The number of nitrogens with zero attached hydrogens (tertiary/aromatic N) is 2. The zero-order chi connectivity index (χ0) is 13.9. The fourth-order valence-corrected chi connectivity index (χ4v) is 3.75. The van der Waals surface area contributed by atoms with Crippen molar-refractivity contribution < 1.29 is 0 Å². The Morgan fingerprint density at radius 3 is 2.68 bits per heavy atom. The van der Waals surface area contributed by atoms with Gasteiger partial charge in [0.1, 0.15) is 0 Å². The van der Waals surface area contributed by atoms with E-state index in [-0.39, 0.29) is 0 Å². The molecule has 1 aromatic heterocycles. The van der Waals surface area contributed by atoms with Gasteiger partial charge < -0.3 is 5.32 Å². The maximum Gasteiger partial charge on any atom is 0.0739 e. The third-order valence-corrected chi connectivity index (χ3v) is 5.79. The first-order chi connectivity index (χ1) is 9.12. The van der Waals surface area contributed by atoms with Gasteiger partial charge in [-0.15, -0.1) is 11.6 Å². The lowest BCUT2D eigenvalue weighted by Gasteiger charge is -2.26. The monoisotopic (exact) mass is 347 g/mol. The summed E-state index contributed by atoms with van der Waals surface area (Å²) in [5.74, 6) is 0.771. The molecule has 2 rings (SSSR count). The van der Waals surface area contributed by atoms with Gasteiger partial charge in [0.15, 0.2) is 0 Å². The van der Waals surface area contributed by atoms with Crippen LogP contribution in [0.5, 0.6) is 0 Å². The number of hydrogen-bond donors (Lipinski definition) is 1. The quantitative estimate of drug-likeness (QED) is 0.791. The normalized spacial score (nSPS) is 18.1. The molecule has 19 heavy (non-hydrogen) atoms. The van der Waals surface area contributed by atoms with Gasteiger partial charge in [0.2, 0.25) is 0 Å². The molecule has 108 valence electrons. The van der Waals surface area contributed by atoms with Crippen LogP contribution in [0.3, 0.4) is 0 Å². The second-order valence-corrected chi connectivity index (χ2v) is 6.67. The zero-order valence-electron chi connectivity index (χ0n) is 11.8. The van der Waals surface area contributed by atoms with Crippen LogP contribution in [0.1, 0.15) is 44.0 Å². The van der Waals surface area contributed by atoms with Crippen molar-refractivity contribution in [3.8, 4) is 0 Å². The highest BCUT2D eigenvalue weighted by atomic mass is 79.9. The van der Waals surface area contributed by atoms with Crippen molar-refractivity contribution in [2.24, 2.45) is 5.41 Å². The first-order valence-corrected chi connectivity index (χ1v) is 8.43. The van der Waals surface area contributed by atoms with Crippen molar-refractivity contribution in [3.05, 3.63) is 15.9 Å². The number of halogens is 2. The number of aryl methyl sites for hydroxylation is 2. The molecule has 1 N–H and O–H groups in total. The Morgan fingerprint density at radius 1 is 1.42 bits per heavy atom. The van der Waals surface area contributed by atoms with E-state index in [1.807, 2.05) is 6.92 Å². The Kier molecular flexibility index (Phi) is 5.32. The van der Waals surface area contributed by atoms with Crippen LogP contribution in [0.25, 0.3) is 0 Å². The van der Waals surface area contributed by atoms with Gasteiger partial charge in [0, 0.05) is 25.5 Å². The average molecular weight is 349 g/mol. The van der Waals surface area contributed by atoms with Crippen molar-refractivity contribution in [3.63, 3.8) is 0 Å². The first-order valence-electron chi connectivity index (χ1n) is 7.10. The molecule has 3 nitrogen and oxygen atoms in total. The molecular weight excluding hydrogens is 326 g/mol. The average Bonchev–Trinajstić information content (AvgIpc) is 2.99. The lowest BCUT2D eigenvalue weighted by Crippen LogP contribution is -2.33. The molecule has 0 saturated heterocycles. The maximum absolute atomic E-state index is 6.17. The molecule has 5 heteroatoms. The van der Waals surface area contributed by atoms with Crippen LogP contribution in [0.4, 0.5) is 0 Å². The highest BCUT2D eigenvalue weighted by Crippen LogP contribution is 2.38. The summed E-state index contributed by atoms with van der Waals surface area (Å²) in [6, 6.07) is 0. The number of hydrogen-bond acceptors (Lipinski definition) is 2. The Morgan fingerprint density at radius 2 is 2.11 bits per heavy atom. The molecule has 0 aliphatic heterocycles. The minimum absolute atomic E-state index is 0.320. The number of aromatic nitrogens is 2. The molecule has 0 atom stereocenters. The topological polar surface area (TPSA) is 29.9 Å². The Labute approximate surface area is 129 Å². The summed E-state index contributed by atoms with van der Waals surface area (Å²) in [4.78, 5) is 0. The van der Waals surface area contributed by atoms with Crippen LogP contribution in [0, 0.1) is 12.3 Å². The minimum atomic E-state index is 0.320. The summed E-state index contributed by atoms with van der Waals surface area (Å²) in [6.45, 7) is 6.94. The van der Waals surface area contributed by atoms with Crippen LogP contribution >= 0.6 is 27.5 Å². The molecule has 0 unspecified atom stereocenters. The van der Waals surface area contributed by atoms with Gasteiger partial charge in [0.25, 0.3) is 0 Å². The molecule has 0 aromatic carbocycles. The summed E-state index contributed by atoms with van der Waals surface area (Å²) in [5.41, 5.74) is 2.62. The standard InChI is InChI=1S/C14H23BrClN3/c1-3-19-12(13(15)11(2)18-19)8-17-10-14(9-16)6-4-5-7-14/h17H,3-10H2,1-2H3. The van der Waals surface area contributed by atoms with Crippen LogP contribution in [0.2, 0.25) is 0 Å². The van der Waals surface area contributed by atoms with Gasteiger partial charge in [-0.05, 0) is 48.0 Å². The van der Waals surface area contributed by atoms with Crippen molar-refractivity contribution in [1.82, 2.24) is 15.1 Å². The fourth-order valence-electron chi connectivity index (χ4n) is 2.97. The molecule has 1 aromatic rings. The molecule has 1 fully saturated rings. The number of alkyl halides is 1. The lowest BCUT2D eigenvalue weighted by molar-refractivity contribution is 0.318. The third-order valence-electron chi connectivity index (χ3n) is 4.19. The number of rotatable bonds is 6. The van der Waals surface area contributed by atoms with E-state index in [2.05, 4.69) is 38.0 Å². The van der Waals surface area contributed by atoms with Crippen LogP contribution in [-0.2, 0) is 13.1 Å². The molecule has 0 radical (unpaired) electrons. The van der Waals surface area contributed by atoms with Crippen molar-refractivity contribution in [2.45, 2.75) is 52.6 Å². The zero-order valence-corrected chi connectivity index (χ0v) is 14.1. The third kappa shape index (κ3) is 3.34. The van der Waals surface area contributed by atoms with Gasteiger partial charge in [-0.25, -0.2) is 0 Å². The van der Waals surface area contributed by atoms with E-state index in [0.29, 0.717) is 5.41 Å². The van der Waals surface area contributed by atoms with E-state index in [4.69, 9.17) is 11.6 Å². The van der Waals surface area contributed by atoms with Gasteiger partial charge in [-0.2, -0.15) is 5.10 Å². The summed E-state index contributed by atoms with van der Waals surface area (Å²) < 4.78 is 3.20. The van der Waals surface area contributed by atoms with E-state index in [0.717, 1.165) is 35.7 Å². The van der Waals surface area contributed by atoms with Gasteiger partial charge in [-0.1, -0.05) is 12.8 Å². The van der Waals surface area contributed by atoms with Crippen molar-refractivity contribution in [2.75, 3.05) is 12.4 Å². The van der Waals surface area contributed by atoms with Gasteiger partial charge in [-0.3, -0.25) is 4.68 Å². The maximum atomic E-state index is 6.17. The van der Waals surface area contributed by atoms with E-state index in [9.17, 15) is 0 Å². The van der Waals surface area contributed by atoms with E-state index in [1.54, 1.807) is 0 Å². The highest BCUT2D eigenvalue weighted by Gasteiger charge is 2.32. The molecule has 1 heterocycles. The van der Waals surface area contributed by atoms with E-state index in [1.165, 1.54) is 31.4 Å². The fraction of sp³-hybridized carbons (Fsp3) is 0.786. The SMILES string of the molecule is CCn1nc(C)c(Br)c1CNCC1(CCl)CCCC1. The van der Waals surface area contributed by atoms with Gasteiger partial charge >= 0.3 is 0 Å². The predicted octanol–water partition coefficient (Wildman–Crippen LogP) is 3.86. The van der Waals surface area contributed by atoms with Crippen molar-refractivity contribution in [1.29, 1.82) is 0 Å². The van der Waals surface area contributed by atoms with Crippen LogP contribution in [-0.4, -0.2) is 22.2 Å². The second kappa shape index (κ2) is 6.59. The minimum Gasteiger partial charge on any atom is -0.311 e. The molecule has 1 aliphatic carbocycles. The Bertz CT molecular complexity index is 425. The second-order valence-electron chi connectivity index (χ2n) is 5.61. The molecule has 1 aliphatic rings. The predicted molar refractivity (Wildman–Crippen MR) is 83.7 cm³/mol. The van der Waals surface area contributed by atoms with Crippen LogP contribution < -0.4 is 5.32 Å². The van der Waals surface area contributed by atoms with Gasteiger partial charge in [0.05, 0.1) is 15.9 Å². The summed E-state index contributed by atoms with van der Waals surface area (Å²) >= 11 is 9.81. The molecule has 0 amide bonds. The number of nitrogens with one attached hydrogen (secondary N) is 1. The largest absolute Gasteiger partial charge is 0.311 e. The highest BCUT2D eigenvalue weighted by molar-refractivity contribution is 9.10. The smallest absolute Gasteiger partial charge is 0.0739 e. The Balaban J connectivity index is 1.95. The lowest BCUT2D eigenvalue weighted by atomic mass is 9.88. The molecular formula is C14H23BrClN3. The van der Waals surface area contributed by atoms with E-state index >= 15 is 0 Å². The van der Waals surface area contributed by atoms with Crippen molar-refractivity contribution >= 4 is 27.5 Å². The Hall–Kier alpha value is -0.0600. The molecule has 1 saturated carbocycles. The first kappa shape index (κ1) is 15.3.